The molecular weight excluding hydrogens is 206 g/mol. The van der Waals surface area contributed by atoms with Crippen molar-refractivity contribution >= 4 is 11.9 Å². The van der Waals surface area contributed by atoms with Crippen LogP contribution in [0.4, 0.5) is 4.79 Å². The zero-order valence-electron chi connectivity index (χ0n) is 10.2. The minimum atomic E-state index is -0.338. The van der Waals surface area contributed by atoms with Crippen molar-refractivity contribution in [2.75, 3.05) is 7.11 Å². The van der Waals surface area contributed by atoms with Gasteiger partial charge in [0.25, 0.3) is 0 Å². The van der Waals surface area contributed by atoms with Gasteiger partial charge in [-0.2, -0.15) is 0 Å². The second-order valence-electron chi connectivity index (χ2n) is 5.55. The molecule has 0 aliphatic carbocycles. The minimum Gasteiger partial charge on any atom is -0.453 e. The fourth-order valence-corrected chi connectivity index (χ4v) is 3.50. The summed E-state index contributed by atoms with van der Waals surface area (Å²) in [5.74, 6) is 0.268. The van der Waals surface area contributed by atoms with E-state index in [0.29, 0.717) is 12.8 Å². The van der Waals surface area contributed by atoms with Crippen molar-refractivity contribution in [1.29, 1.82) is 0 Å². The van der Waals surface area contributed by atoms with E-state index in [9.17, 15) is 9.59 Å². The fraction of sp³-hybridized carbons (Fsp3) is 0.833. The Balaban J connectivity index is 2.40. The quantitative estimate of drug-likeness (QED) is 0.634. The lowest BCUT2D eigenvalue weighted by molar-refractivity contribution is -0.137. The summed E-state index contributed by atoms with van der Waals surface area (Å²) in [6.45, 7) is 4.00. The predicted molar refractivity (Wildman–Crippen MR) is 59.1 cm³/mol. The van der Waals surface area contributed by atoms with Gasteiger partial charge >= 0.3 is 6.09 Å². The van der Waals surface area contributed by atoms with Crippen LogP contribution >= 0.6 is 0 Å². The van der Waals surface area contributed by atoms with Crippen molar-refractivity contribution in [2.45, 2.75) is 57.0 Å². The molecule has 4 nitrogen and oxygen atoms in total. The molecule has 2 aliphatic rings. The topological polar surface area (TPSA) is 46.6 Å². The normalized spacial score (nSPS) is 38.4. The Morgan fingerprint density at radius 1 is 1.25 bits per heavy atom. The Labute approximate surface area is 95.9 Å². The molecule has 0 spiro atoms. The molecule has 2 rings (SSSR count). The van der Waals surface area contributed by atoms with Gasteiger partial charge in [-0.1, -0.05) is 0 Å². The minimum absolute atomic E-state index is 0.268. The Morgan fingerprint density at radius 3 is 2.19 bits per heavy atom. The number of ketones is 1. The molecule has 0 N–H and O–H groups in total. The van der Waals surface area contributed by atoms with Crippen LogP contribution in [0.1, 0.15) is 46.0 Å². The summed E-state index contributed by atoms with van der Waals surface area (Å²) in [5, 5.41) is 0. The summed E-state index contributed by atoms with van der Waals surface area (Å²) >= 11 is 0. The smallest absolute Gasteiger partial charge is 0.410 e. The average Bonchev–Trinajstić information content (AvgIpc) is 2.13. The number of fused-ring (bicyclic) bond motifs is 2. The SMILES string of the molecule is COC(=O)N1[C@@]2(C)CCC[C@]1(C)CC(=O)C2. The number of hydrogen-bond acceptors (Lipinski definition) is 3. The third-order valence-electron chi connectivity index (χ3n) is 4.02. The number of carbonyl (C=O) groups excluding carboxylic acids is 2. The summed E-state index contributed by atoms with van der Waals surface area (Å²) in [6.07, 6.45) is 3.51. The lowest BCUT2D eigenvalue weighted by Crippen LogP contribution is -2.67. The van der Waals surface area contributed by atoms with E-state index in [1.807, 2.05) is 18.7 Å². The second-order valence-corrected chi connectivity index (χ2v) is 5.55. The zero-order valence-corrected chi connectivity index (χ0v) is 10.2. The number of amides is 1. The Bertz CT molecular complexity index is 319. The van der Waals surface area contributed by atoms with E-state index in [1.54, 1.807) is 0 Å². The van der Waals surface area contributed by atoms with Gasteiger partial charge in [0.05, 0.1) is 18.2 Å². The first-order valence-electron chi connectivity index (χ1n) is 5.81. The number of piperidine rings is 2. The largest absolute Gasteiger partial charge is 0.453 e. The van der Waals surface area contributed by atoms with Gasteiger partial charge in [0.1, 0.15) is 5.78 Å². The molecule has 0 aromatic heterocycles. The first-order valence-corrected chi connectivity index (χ1v) is 5.81. The van der Waals surface area contributed by atoms with E-state index in [2.05, 4.69) is 0 Å². The van der Waals surface area contributed by atoms with Gasteiger partial charge in [-0.25, -0.2) is 4.79 Å². The molecule has 4 heteroatoms. The summed E-state index contributed by atoms with van der Waals surface area (Å²) in [6, 6.07) is 0. The van der Waals surface area contributed by atoms with Crippen LogP contribution in [0.2, 0.25) is 0 Å². The van der Waals surface area contributed by atoms with E-state index >= 15 is 0 Å². The van der Waals surface area contributed by atoms with Crippen LogP contribution in [0.15, 0.2) is 0 Å². The lowest BCUT2D eigenvalue weighted by atomic mass is 9.69. The number of nitrogens with zero attached hydrogens (tertiary/aromatic N) is 1. The highest BCUT2D eigenvalue weighted by Crippen LogP contribution is 2.46. The molecule has 16 heavy (non-hydrogen) atoms. The Morgan fingerprint density at radius 2 is 1.75 bits per heavy atom. The molecule has 0 aromatic rings. The summed E-state index contributed by atoms with van der Waals surface area (Å²) < 4.78 is 4.87. The maximum Gasteiger partial charge on any atom is 0.410 e. The number of rotatable bonds is 0. The standard InChI is InChI=1S/C12H19NO3/c1-11-5-4-6-12(2,8-9(14)7-11)13(11)10(15)16-3/h4-8H2,1-3H3/t11-,12+. The molecule has 2 atom stereocenters. The van der Waals surface area contributed by atoms with Crippen LogP contribution in [0.25, 0.3) is 0 Å². The molecule has 2 bridgehead atoms. The molecule has 2 heterocycles. The van der Waals surface area contributed by atoms with Gasteiger partial charge in [-0.3, -0.25) is 9.69 Å². The molecule has 2 aliphatic heterocycles. The Kier molecular flexibility index (Phi) is 2.48. The number of ether oxygens (including phenoxy) is 1. The van der Waals surface area contributed by atoms with Crippen LogP contribution in [0.3, 0.4) is 0 Å². The molecule has 90 valence electrons. The van der Waals surface area contributed by atoms with E-state index in [1.165, 1.54) is 7.11 Å². The van der Waals surface area contributed by atoms with Crippen LogP contribution in [0.5, 0.6) is 0 Å². The summed E-state index contributed by atoms with van der Waals surface area (Å²) in [5.41, 5.74) is -0.676. The van der Waals surface area contributed by atoms with E-state index in [-0.39, 0.29) is 23.0 Å². The van der Waals surface area contributed by atoms with Gasteiger partial charge in [0.2, 0.25) is 0 Å². The highest BCUT2D eigenvalue weighted by molar-refractivity contribution is 5.85. The summed E-state index contributed by atoms with van der Waals surface area (Å²) in [7, 11) is 1.40. The van der Waals surface area contributed by atoms with Crippen molar-refractivity contribution in [3.05, 3.63) is 0 Å². The van der Waals surface area contributed by atoms with Crippen molar-refractivity contribution in [1.82, 2.24) is 4.90 Å². The zero-order chi connectivity index (χ0) is 12.0. The highest BCUT2D eigenvalue weighted by Gasteiger charge is 2.54. The molecule has 0 saturated carbocycles. The van der Waals surface area contributed by atoms with Crippen LogP contribution in [-0.2, 0) is 9.53 Å². The van der Waals surface area contributed by atoms with Crippen molar-refractivity contribution in [3.8, 4) is 0 Å². The maximum atomic E-state index is 11.9. The van der Waals surface area contributed by atoms with Gasteiger partial charge < -0.3 is 4.74 Å². The second kappa shape index (κ2) is 3.47. The van der Waals surface area contributed by atoms with Crippen molar-refractivity contribution in [2.24, 2.45) is 0 Å². The fourth-order valence-electron chi connectivity index (χ4n) is 3.50. The molecule has 2 saturated heterocycles. The number of hydrogen-bond donors (Lipinski definition) is 0. The number of Topliss-reactive ketones (excluding diaryl/α,β-unsaturated/α-hetero) is 1. The van der Waals surface area contributed by atoms with Crippen LogP contribution < -0.4 is 0 Å². The first-order chi connectivity index (χ1) is 7.41. The average molecular weight is 225 g/mol. The maximum absolute atomic E-state index is 11.9. The Hall–Kier alpha value is -1.06. The predicted octanol–water partition coefficient (Wildman–Crippen LogP) is 2.12. The van der Waals surface area contributed by atoms with Gasteiger partial charge in [0.15, 0.2) is 0 Å². The molecule has 1 amide bonds. The third kappa shape index (κ3) is 1.51. The molecule has 0 radical (unpaired) electrons. The monoisotopic (exact) mass is 225 g/mol. The van der Waals surface area contributed by atoms with Crippen LogP contribution in [0, 0.1) is 0 Å². The molecule has 2 fully saturated rings. The summed E-state index contributed by atoms with van der Waals surface area (Å²) in [4.78, 5) is 25.5. The molecule has 0 aromatic carbocycles. The first kappa shape index (κ1) is 11.4. The van der Waals surface area contributed by atoms with Crippen molar-refractivity contribution in [3.63, 3.8) is 0 Å². The van der Waals surface area contributed by atoms with Crippen LogP contribution in [-0.4, -0.2) is 35.0 Å². The molecule has 0 unspecified atom stereocenters. The van der Waals surface area contributed by atoms with E-state index in [4.69, 9.17) is 4.74 Å². The lowest BCUT2D eigenvalue weighted by Gasteiger charge is -2.57. The molecular formula is C12H19NO3. The highest BCUT2D eigenvalue weighted by atomic mass is 16.5. The van der Waals surface area contributed by atoms with E-state index in [0.717, 1.165) is 19.3 Å². The van der Waals surface area contributed by atoms with Gasteiger partial charge in [-0.05, 0) is 33.1 Å². The van der Waals surface area contributed by atoms with E-state index < -0.39 is 0 Å². The third-order valence-corrected chi connectivity index (χ3v) is 4.02. The van der Waals surface area contributed by atoms with Gasteiger partial charge in [-0.15, -0.1) is 0 Å². The number of carbonyl (C=O) groups is 2. The van der Waals surface area contributed by atoms with Crippen molar-refractivity contribution < 1.29 is 14.3 Å². The number of methoxy groups -OCH3 is 1. The van der Waals surface area contributed by atoms with Gasteiger partial charge in [0, 0.05) is 12.8 Å².